The fourth-order valence-electron chi connectivity index (χ4n) is 1.83. The van der Waals surface area contributed by atoms with Crippen LogP contribution in [0.25, 0.3) is 0 Å². The number of amides is 1. The van der Waals surface area contributed by atoms with Crippen LogP contribution in [0.15, 0.2) is 23.7 Å². The molecule has 4 nitrogen and oxygen atoms in total. The van der Waals surface area contributed by atoms with Gasteiger partial charge in [-0.1, -0.05) is 6.92 Å². The molecule has 0 aliphatic rings. The monoisotopic (exact) mass is 289 g/mol. The summed E-state index contributed by atoms with van der Waals surface area (Å²) in [6.45, 7) is 7.91. The van der Waals surface area contributed by atoms with Crippen molar-refractivity contribution in [2.75, 3.05) is 0 Å². The standard InChI is InChI=1S/C15H19N3OS/c1-5-15(4,14-17-11(3)9-20-14)18-13(19)12-7-6-10(2)16-8-12/h6-9H,5H2,1-4H3,(H,18,19)/t15-/m1/s1. The Hall–Kier alpha value is -1.75. The second kappa shape index (κ2) is 5.71. The Morgan fingerprint density at radius 1 is 1.35 bits per heavy atom. The number of hydrogen-bond acceptors (Lipinski definition) is 4. The fourth-order valence-corrected chi connectivity index (χ4v) is 2.81. The molecule has 2 rings (SSSR count). The van der Waals surface area contributed by atoms with Crippen molar-refractivity contribution in [1.29, 1.82) is 0 Å². The van der Waals surface area contributed by atoms with Crippen LogP contribution in [0.2, 0.25) is 0 Å². The molecule has 2 aromatic rings. The number of nitrogens with one attached hydrogen (secondary N) is 1. The number of nitrogens with zero attached hydrogens (tertiary/aromatic N) is 2. The van der Waals surface area contributed by atoms with Crippen LogP contribution in [-0.2, 0) is 5.54 Å². The molecule has 106 valence electrons. The Bertz CT molecular complexity index is 606. The van der Waals surface area contributed by atoms with Crippen molar-refractivity contribution < 1.29 is 4.79 Å². The normalized spacial score (nSPS) is 13.8. The van der Waals surface area contributed by atoms with E-state index in [1.165, 1.54) is 0 Å². The molecule has 1 N–H and O–H groups in total. The van der Waals surface area contributed by atoms with Crippen LogP contribution in [0.5, 0.6) is 0 Å². The van der Waals surface area contributed by atoms with Gasteiger partial charge in [-0.3, -0.25) is 9.78 Å². The summed E-state index contributed by atoms with van der Waals surface area (Å²) in [5.74, 6) is -0.116. The predicted molar refractivity (Wildman–Crippen MR) is 80.9 cm³/mol. The molecule has 0 aromatic carbocycles. The topological polar surface area (TPSA) is 54.9 Å². The van der Waals surface area contributed by atoms with E-state index in [2.05, 4.69) is 15.3 Å². The Morgan fingerprint density at radius 3 is 2.60 bits per heavy atom. The summed E-state index contributed by atoms with van der Waals surface area (Å²) >= 11 is 1.58. The zero-order valence-electron chi connectivity index (χ0n) is 12.2. The molecule has 0 bridgehead atoms. The number of carbonyl (C=O) groups is 1. The summed E-state index contributed by atoms with van der Waals surface area (Å²) in [4.78, 5) is 21.0. The largest absolute Gasteiger partial charge is 0.340 e. The molecule has 0 fully saturated rings. The van der Waals surface area contributed by atoms with Crippen LogP contribution >= 0.6 is 11.3 Å². The van der Waals surface area contributed by atoms with Crippen LogP contribution in [0.4, 0.5) is 0 Å². The van der Waals surface area contributed by atoms with Gasteiger partial charge in [-0.05, 0) is 39.3 Å². The molecule has 0 saturated heterocycles. The minimum atomic E-state index is -0.444. The third kappa shape index (κ3) is 3.04. The number of aromatic nitrogens is 2. The Kier molecular flexibility index (Phi) is 4.18. The average molecular weight is 289 g/mol. The lowest BCUT2D eigenvalue weighted by Crippen LogP contribution is -2.43. The molecule has 0 unspecified atom stereocenters. The quantitative estimate of drug-likeness (QED) is 0.940. The van der Waals surface area contributed by atoms with Crippen LogP contribution in [0, 0.1) is 13.8 Å². The van der Waals surface area contributed by atoms with Crippen molar-refractivity contribution in [3.8, 4) is 0 Å². The van der Waals surface area contributed by atoms with Crippen LogP contribution in [-0.4, -0.2) is 15.9 Å². The molecule has 0 aliphatic heterocycles. The van der Waals surface area contributed by atoms with Crippen LogP contribution < -0.4 is 5.32 Å². The van der Waals surface area contributed by atoms with E-state index in [0.29, 0.717) is 5.56 Å². The second-order valence-electron chi connectivity index (χ2n) is 5.12. The van der Waals surface area contributed by atoms with Gasteiger partial charge in [0.1, 0.15) is 5.01 Å². The van der Waals surface area contributed by atoms with E-state index in [0.717, 1.165) is 22.8 Å². The lowest BCUT2D eigenvalue weighted by molar-refractivity contribution is 0.0901. The molecule has 0 aliphatic carbocycles. The molecule has 20 heavy (non-hydrogen) atoms. The Labute approximate surface area is 123 Å². The molecule has 2 heterocycles. The first-order chi connectivity index (χ1) is 9.44. The molecular weight excluding hydrogens is 270 g/mol. The zero-order valence-corrected chi connectivity index (χ0v) is 13.0. The Balaban J connectivity index is 2.21. The van der Waals surface area contributed by atoms with E-state index in [9.17, 15) is 4.79 Å². The van der Waals surface area contributed by atoms with E-state index >= 15 is 0 Å². The third-order valence-corrected chi connectivity index (χ3v) is 4.59. The van der Waals surface area contributed by atoms with Gasteiger partial charge in [0.25, 0.3) is 5.91 Å². The highest BCUT2D eigenvalue weighted by molar-refractivity contribution is 7.09. The smallest absolute Gasteiger partial charge is 0.253 e. The summed E-state index contributed by atoms with van der Waals surface area (Å²) in [5, 5.41) is 6.02. The van der Waals surface area contributed by atoms with Crippen molar-refractivity contribution >= 4 is 17.2 Å². The number of thiazole rings is 1. The van der Waals surface area contributed by atoms with E-state index in [4.69, 9.17) is 0 Å². The molecular formula is C15H19N3OS. The highest BCUT2D eigenvalue weighted by Crippen LogP contribution is 2.27. The number of aryl methyl sites for hydroxylation is 2. The van der Waals surface area contributed by atoms with E-state index in [-0.39, 0.29) is 5.91 Å². The van der Waals surface area contributed by atoms with Gasteiger partial charge >= 0.3 is 0 Å². The molecule has 0 saturated carbocycles. The number of carbonyl (C=O) groups excluding carboxylic acids is 1. The molecule has 0 spiro atoms. The van der Waals surface area contributed by atoms with Crippen molar-refractivity contribution in [3.63, 3.8) is 0 Å². The van der Waals surface area contributed by atoms with Crippen molar-refractivity contribution in [2.45, 2.75) is 39.7 Å². The van der Waals surface area contributed by atoms with Gasteiger partial charge in [-0.25, -0.2) is 4.98 Å². The molecule has 0 radical (unpaired) electrons. The number of rotatable bonds is 4. The van der Waals surface area contributed by atoms with Crippen molar-refractivity contribution in [2.24, 2.45) is 0 Å². The number of hydrogen-bond donors (Lipinski definition) is 1. The van der Waals surface area contributed by atoms with Gasteiger partial charge in [0.05, 0.1) is 11.1 Å². The third-order valence-electron chi connectivity index (χ3n) is 3.36. The summed E-state index contributed by atoms with van der Waals surface area (Å²) in [6, 6.07) is 3.63. The van der Waals surface area contributed by atoms with E-state index in [1.807, 2.05) is 39.1 Å². The number of pyridine rings is 1. The fraction of sp³-hybridized carbons (Fsp3) is 0.400. The van der Waals surface area contributed by atoms with Crippen molar-refractivity contribution in [1.82, 2.24) is 15.3 Å². The van der Waals surface area contributed by atoms with Crippen molar-refractivity contribution in [3.05, 3.63) is 45.7 Å². The summed E-state index contributed by atoms with van der Waals surface area (Å²) < 4.78 is 0. The first-order valence-corrected chi connectivity index (χ1v) is 7.50. The average Bonchev–Trinajstić information content (AvgIpc) is 2.86. The highest BCUT2D eigenvalue weighted by Gasteiger charge is 2.30. The summed E-state index contributed by atoms with van der Waals surface area (Å²) in [5.41, 5.74) is 2.01. The molecule has 2 aromatic heterocycles. The maximum absolute atomic E-state index is 12.3. The second-order valence-corrected chi connectivity index (χ2v) is 5.98. The lowest BCUT2D eigenvalue weighted by atomic mass is 9.99. The predicted octanol–water partition coefficient (Wildman–Crippen LogP) is 3.21. The van der Waals surface area contributed by atoms with Gasteiger partial charge in [0.2, 0.25) is 0 Å². The first kappa shape index (κ1) is 14.7. The van der Waals surface area contributed by atoms with Crippen LogP contribution in [0.3, 0.4) is 0 Å². The summed E-state index contributed by atoms with van der Waals surface area (Å²) in [7, 11) is 0. The van der Waals surface area contributed by atoms with Crippen LogP contribution in [0.1, 0.15) is 47.0 Å². The Morgan fingerprint density at radius 2 is 2.10 bits per heavy atom. The van der Waals surface area contributed by atoms with Gasteiger partial charge in [0, 0.05) is 23.0 Å². The van der Waals surface area contributed by atoms with Gasteiger partial charge in [-0.15, -0.1) is 11.3 Å². The van der Waals surface area contributed by atoms with E-state index < -0.39 is 5.54 Å². The molecule has 5 heteroatoms. The maximum atomic E-state index is 12.3. The highest BCUT2D eigenvalue weighted by atomic mass is 32.1. The minimum Gasteiger partial charge on any atom is -0.340 e. The minimum absolute atomic E-state index is 0.116. The van der Waals surface area contributed by atoms with Gasteiger partial charge < -0.3 is 5.32 Å². The summed E-state index contributed by atoms with van der Waals surface area (Å²) in [6.07, 6.45) is 2.39. The maximum Gasteiger partial charge on any atom is 0.253 e. The molecule has 1 atom stereocenters. The van der Waals surface area contributed by atoms with E-state index in [1.54, 1.807) is 23.6 Å². The van der Waals surface area contributed by atoms with Gasteiger partial charge in [-0.2, -0.15) is 0 Å². The molecule has 1 amide bonds. The zero-order chi connectivity index (χ0) is 14.8. The van der Waals surface area contributed by atoms with Gasteiger partial charge in [0.15, 0.2) is 0 Å². The SMILES string of the molecule is CC[C@@](C)(NC(=O)c1ccc(C)nc1)c1nc(C)cs1. The lowest BCUT2D eigenvalue weighted by Gasteiger charge is -2.27. The first-order valence-electron chi connectivity index (χ1n) is 6.62.